The van der Waals surface area contributed by atoms with E-state index in [1.165, 1.54) is 5.56 Å². The predicted octanol–water partition coefficient (Wildman–Crippen LogP) is 2.13. The summed E-state index contributed by atoms with van der Waals surface area (Å²) in [5.74, 6) is 3.57. The molecule has 0 atom stereocenters. The van der Waals surface area contributed by atoms with Crippen molar-refractivity contribution in [2.24, 2.45) is 0 Å². The van der Waals surface area contributed by atoms with Gasteiger partial charge in [-0.2, -0.15) is 0 Å². The second-order valence-electron chi connectivity index (χ2n) is 4.93. The highest BCUT2D eigenvalue weighted by Crippen LogP contribution is 2.17. The van der Waals surface area contributed by atoms with Gasteiger partial charge in [0.05, 0.1) is 6.54 Å². The number of nitrogens with zero attached hydrogens (tertiary/aromatic N) is 1. The number of ether oxygens (including phenoxy) is 1. The molecule has 0 bridgehead atoms. The highest BCUT2D eigenvalue weighted by molar-refractivity contribution is 5.33. The van der Waals surface area contributed by atoms with Gasteiger partial charge >= 0.3 is 0 Å². The van der Waals surface area contributed by atoms with Gasteiger partial charge in [-0.3, -0.25) is 4.90 Å². The van der Waals surface area contributed by atoms with Gasteiger partial charge in [-0.25, -0.2) is 0 Å². The Morgan fingerprint density at radius 1 is 1.37 bits per heavy atom. The molecule has 0 aliphatic heterocycles. The highest BCUT2D eigenvalue weighted by Gasteiger charge is 2.04. The third-order valence-corrected chi connectivity index (χ3v) is 2.77. The number of hydrogen-bond donors (Lipinski definition) is 1. The van der Waals surface area contributed by atoms with Crippen LogP contribution in [0.4, 0.5) is 0 Å². The van der Waals surface area contributed by atoms with Gasteiger partial charge in [0.2, 0.25) is 0 Å². The van der Waals surface area contributed by atoms with Gasteiger partial charge < -0.3 is 10.1 Å². The molecule has 1 N–H and O–H groups in total. The van der Waals surface area contributed by atoms with E-state index in [0.717, 1.165) is 18.8 Å². The molecule has 3 heteroatoms. The van der Waals surface area contributed by atoms with Crippen molar-refractivity contribution >= 4 is 0 Å². The van der Waals surface area contributed by atoms with Crippen LogP contribution in [0, 0.1) is 12.3 Å². The number of para-hydroxylation sites is 1. The average Bonchev–Trinajstić information content (AvgIpc) is 2.38. The van der Waals surface area contributed by atoms with Crippen LogP contribution >= 0.6 is 0 Å². The van der Waals surface area contributed by atoms with Crippen molar-refractivity contribution in [3.05, 3.63) is 29.8 Å². The van der Waals surface area contributed by atoms with Crippen LogP contribution in [0.1, 0.15) is 19.4 Å². The van der Waals surface area contributed by atoms with Gasteiger partial charge in [0.25, 0.3) is 0 Å². The Labute approximate surface area is 117 Å². The van der Waals surface area contributed by atoms with E-state index in [2.05, 4.69) is 36.1 Å². The Bertz CT molecular complexity index is 409. The Balaban J connectivity index is 2.46. The van der Waals surface area contributed by atoms with Crippen LogP contribution in [0.3, 0.4) is 0 Å². The molecule has 0 unspecified atom stereocenters. The van der Waals surface area contributed by atoms with Crippen LogP contribution in [-0.2, 0) is 6.54 Å². The lowest BCUT2D eigenvalue weighted by Gasteiger charge is -2.16. The second-order valence-corrected chi connectivity index (χ2v) is 4.93. The number of hydrogen-bond acceptors (Lipinski definition) is 3. The summed E-state index contributed by atoms with van der Waals surface area (Å²) in [6, 6.07) is 8.61. The van der Waals surface area contributed by atoms with Gasteiger partial charge in [-0.15, -0.1) is 6.42 Å². The first kappa shape index (κ1) is 15.6. The molecule has 0 amide bonds. The smallest absolute Gasteiger partial charge is 0.123 e. The van der Waals surface area contributed by atoms with Gasteiger partial charge in [-0.1, -0.05) is 38.0 Å². The third-order valence-electron chi connectivity index (χ3n) is 2.77. The summed E-state index contributed by atoms with van der Waals surface area (Å²) in [5.41, 5.74) is 1.19. The number of nitrogens with one attached hydrogen (secondary N) is 1. The topological polar surface area (TPSA) is 24.5 Å². The molecule has 0 heterocycles. The Hall–Kier alpha value is -1.50. The largest absolute Gasteiger partial charge is 0.492 e. The zero-order valence-electron chi connectivity index (χ0n) is 12.1. The molecule has 0 radical (unpaired) electrons. The average molecular weight is 260 g/mol. The normalized spacial score (nSPS) is 10.7. The van der Waals surface area contributed by atoms with E-state index in [1.54, 1.807) is 0 Å². The standard InChI is InChI=1S/C16H24N2O/c1-5-10-18(4)11-12-19-16-9-7-6-8-15(16)13-17-14(2)3/h1,6-9,14,17H,10-13H2,2-4H3. The van der Waals surface area contributed by atoms with Crippen LogP contribution in [0.5, 0.6) is 5.75 Å². The van der Waals surface area contributed by atoms with Crippen LogP contribution in [-0.4, -0.2) is 37.7 Å². The molecule has 3 nitrogen and oxygen atoms in total. The lowest BCUT2D eigenvalue weighted by Crippen LogP contribution is -2.25. The number of rotatable bonds is 8. The fourth-order valence-corrected chi connectivity index (χ4v) is 1.65. The minimum atomic E-state index is 0.467. The maximum absolute atomic E-state index is 5.84. The number of likely N-dealkylation sites (N-methyl/N-ethyl adjacent to an activating group) is 1. The summed E-state index contributed by atoms with van der Waals surface area (Å²) < 4.78 is 5.84. The SMILES string of the molecule is C#CCN(C)CCOc1ccccc1CNC(C)C. The van der Waals surface area contributed by atoms with Crippen molar-refractivity contribution in [3.8, 4) is 18.1 Å². The fourth-order valence-electron chi connectivity index (χ4n) is 1.65. The summed E-state index contributed by atoms with van der Waals surface area (Å²) in [6.45, 7) is 7.23. The molecule has 0 aromatic heterocycles. The molecule has 104 valence electrons. The predicted molar refractivity (Wildman–Crippen MR) is 80.2 cm³/mol. The first-order chi connectivity index (χ1) is 9.13. The van der Waals surface area contributed by atoms with Crippen LogP contribution in [0.2, 0.25) is 0 Å². The molecule has 1 aromatic carbocycles. The maximum atomic E-state index is 5.84. The molecule has 19 heavy (non-hydrogen) atoms. The van der Waals surface area contributed by atoms with Crippen molar-refractivity contribution in [2.45, 2.75) is 26.4 Å². The van der Waals surface area contributed by atoms with Crippen molar-refractivity contribution in [1.82, 2.24) is 10.2 Å². The molecule has 0 spiro atoms. The Morgan fingerprint density at radius 3 is 2.79 bits per heavy atom. The van der Waals surface area contributed by atoms with E-state index in [0.29, 0.717) is 19.2 Å². The van der Waals surface area contributed by atoms with Crippen LogP contribution < -0.4 is 10.1 Å². The Kier molecular flexibility index (Phi) is 7.02. The van der Waals surface area contributed by atoms with Gasteiger partial charge in [-0.05, 0) is 13.1 Å². The molecule has 0 fully saturated rings. The summed E-state index contributed by atoms with van der Waals surface area (Å²) in [7, 11) is 2.00. The highest BCUT2D eigenvalue weighted by atomic mass is 16.5. The molecule has 0 aliphatic rings. The first-order valence-corrected chi connectivity index (χ1v) is 6.69. The van der Waals surface area contributed by atoms with Crippen LogP contribution in [0.15, 0.2) is 24.3 Å². The third kappa shape index (κ3) is 6.28. The van der Waals surface area contributed by atoms with E-state index < -0.39 is 0 Å². The second kappa shape index (κ2) is 8.58. The van der Waals surface area contributed by atoms with Gasteiger partial charge in [0, 0.05) is 24.7 Å². The zero-order chi connectivity index (χ0) is 14.1. The lowest BCUT2D eigenvalue weighted by atomic mass is 10.2. The van der Waals surface area contributed by atoms with Crippen LogP contribution in [0.25, 0.3) is 0 Å². The van der Waals surface area contributed by atoms with E-state index >= 15 is 0 Å². The monoisotopic (exact) mass is 260 g/mol. The Morgan fingerprint density at radius 2 is 2.11 bits per heavy atom. The molecule has 0 saturated carbocycles. The zero-order valence-corrected chi connectivity index (χ0v) is 12.1. The summed E-state index contributed by atoms with van der Waals surface area (Å²) in [4.78, 5) is 2.06. The van der Waals surface area contributed by atoms with E-state index in [9.17, 15) is 0 Å². The van der Waals surface area contributed by atoms with Crippen molar-refractivity contribution in [2.75, 3.05) is 26.7 Å². The fraction of sp³-hybridized carbons (Fsp3) is 0.500. The summed E-state index contributed by atoms with van der Waals surface area (Å²) in [6.07, 6.45) is 5.26. The molecule has 1 rings (SSSR count). The molecule has 0 saturated heterocycles. The summed E-state index contributed by atoms with van der Waals surface area (Å²) >= 11 is 0. The lowest BCUT2D eigenvalue weighted by molar-refractivity contribution is 0.249. The van der Waals surface area contributed by atoms with E-state index in [1.807, 2.05) is 25.2 Å². The van der Waals surface area contributed by atoms with Gasteiger partial charge in [0.15, 0.2) is 0 Å². The van der Waals surface area contributed by atoms with Crippen molar-refractivity contribution < 1.29 is 4.74 Å². The van der Waals surface area contributed by atoms with E-state index in [-0.39, 0.29) is 0 Å². The van der Waals surface area contributed by atoms with Gasteiger partial charge in [0.1, 0.15) is 12.4 Å². The maximum Gasteiger partial charge on any atom is 0.123 e. The minimum Gasteiger partial charge on any atom is -0.492 e. The van der Waals surface area contributed by atoms with Crippen molar-refractivity contribution in [3.63, 3.8) is 0 Å². The summed E-state index contributed by atoms with van der Waals surface area (Å²) in [5, 5.41) is 3.40. The quantitative estimate of drug-likeness (QED) is 0.725. The molecular weight excluding hydrogens is 236 g/mol. The molecule has 0 aliphatic carbocycles. The van der Waals surface area contributed by atoms with Crippen molar-refractivity contribution in [1.29, 1.82) is 0 Å². The number of terminal acetylenes is 1. The molecular formula is C16H24N2O. The van der Waals surface area contributed by atoms with E-state index in [4.69, 9.17) is 11.2 Å². The molecule has 1 aromatic rings. The first-order valence-electron chi connectivity index (χ1n) is 6.69. The minimum absolute atomic E-state index is 0.467. The number of benzene rings is 1.